The lowest BCUT2D eigenvalue weighted by molar-refractivity contribution is -0.136. The van der Waals surface area contributed by atoms with Gasteiger partial charge in [-0.2, -0.15) is 0 Å². The van der Waals surface area contributed by atoms with Crippen LogP contribution in [0.3, 0.4) is 0 Å². The molecule has 0 atom stereocenters. The Kier molecular flexibility index (Phi) is 6.47. The Morgan fingerprint density at radius 2 is 1.86 bits per heavy atom. The molecule has 148 valence electrons. The van der Waals surface area contributed by atoms with E-state index in [0.29, 0.717) is 30.9 Å². The summed E-state index contributed by atoms with van der Waals surface area (Å²) < 4.78 is 4.96. The van der Waals surface area contributed by atoms with E-state index in [1.165, 1.54) is 12.5 Å². The molecular formula is C21H25N3O4. The number of hydrogen-bond donors (Lipinski definition) is 2. The van der Waals surface area contributed by atoms with Crippen LogP contribution in [0.1, 0.15) is 35.7 Å². The normalized spacial score (nSPS) is 14.5. The second kappa shape index (κ2) is 9.21. The third-order valence-corrected chi connectivity index (χ3v) is 5.07. The van der Waals surface area contributed by atoms with Gasteiger partial charge in [-0.1, -0.05) is 25.1 Å². The smallest absolute Gasteiger partial charge is 0.313 e. The number of nitrogens with zero attached hydrogens (tertiary/aromatic N) is 1. The molecule has 0 radical (unpaired) electrons. The van der Waals surface area contributed by atoms with Gasteiger partial charge in [0.15, 0.2) is 0 Å². The van der Waals surface area contributed by atoms with E-state index in [0.717, 1.165) is 24.8 Å². The predicted octanol–water partition coefficient (Wildman–Crippen LogP) is 2.45. The zero-order chi connectivity index (χ0) is 19.9. The number of aryl methyl sites for hydroxylation is 1. The Hall–Kier alpha value is -3.09. The highest BCUT2D eigenvalue weighted by Gasteiger charge is 2.25. The molecule has 1 saturated heterocycles. The standard InChI is InChI=1S/C21H25N3O4/c1-2-16-5-3-4-6-18(16)23-20(26)19(25)22-13-15-7-10-24(11-8-15)21(27)17-9-12-28-14-17/h3-6,9,12,14-15H,2,7-8,10-11,13H2,1H3,(H,22,25)(H,23,26). The molecule has 3 rings (SSSR count). The summed E-state index contributed by atoms with van der Waals surface area (Å²) in [6.07, 6.45) is 5.27. The maximum atomic E-state index is 12.3. The van der Waals surface area contributed by atoms with Crippen LogP contribution in [0.15, 0.2) is 47.3 Å². The summed E-state index contributed by atoms with van der Waals surface area (Å²) in [7, 11) is 0. The summed E-state index contributed by atoms with van der Waals surface area (Å²) in [6, 6.07) is 9.09. The minimum absolute atomic E-state index is 0.0368. The van der Waals surface area contributed by atoms with E-state index < -0.39 is 11.8 Å². The van der Waals surface area contributed by atoms with Crippen molar-refractivity contribution in [2.24, 2.45) is 5.92 Å². The van der Waals surface area contributed by atoms with Gasteiger partial charge in [-0.05, 0) is 42.9 Å². The molecule has 1 aliphatic heterocycles. The van der Waals surface area contributed by atoms with Gasteiger partial charge in [0.1, 0.15) is 6.26 Å². The highest BCUT2D eigenvalue weighted by Crippen LogP contribution is 2.19. The van der Waals surface area contributed by atoms with E-state index in [4.69, 9.17) is 4.42 Å². The molecule has 0 bridgehead atoms. The highest BCUT2D eigenvalue weighted by atomic mass is 16.3. The van der Waals surface area contributed by atoms with Crippen molar-refractivity contribution in [3.63, 3.8) is 0 Å². The van der Waals surface area contributed by atoms with Gasteiger partial charge in [0.2, 0.25) is 0 Å². The van der Waals surface area contributed by atoms with Gasteiger partial charge in [0.05, 0.1) is 11.8 Å². The van der Waals surface area contributed by atoms with Crippen molar-refractivity contribution < 1.29 is 18.8 Å². The Morgan fingerprint density at radius 1 is 1.11 bits per heavy atom. The number of piperidine rings is 1. The number of amides is 3. The number of carbonyl (C=O) groups is 3. The first-order valence-corrected chi connectivity index (χ1v) is 9.57. The zero-order valence-electron chi connectivity index (χ0n) is 15.9. The Bertz CT molecular complexity index is 824. The summed E-state index contributed by atoms with van der Waals surface area (Å²) in [5.41, 5.74) is 2.20. The number of rotatable bonds is 5. The van der Waals surface area contributed by atoms with Crippen LogP contribution in [-0.4, -0.2) is 42.3 Å². The topological polar surface area (TPSA) is 91.7 Å². The van der Waals surface area contributed by atoms with Crippen LogP contribution in [0, 0.1) is 5.92 Å². The van der Waals surface area contributed by atoms with Crippen molar-refractivity contribution in [3.8, 4) is 0 Å². The van der Waals surface area contributed by atoms with Gasteiger partial charge in [-0.15, -0.1) is 0 Å². The number of hydrogen-bond acceptors (Lipinski definition) is 4. The number of nitrogens with one attached hydrogen (secondary N) is 2. The maximum Gasteiger partial charge on any atom is 0.313 e. The fourth-order valence-electron chi connectivity index (χ4n) is 3.36. The van der Waals surface area contributed by atoms with Crippen LogP contribution in [0.5, 0.6) is 0 Å². The Labute approximate surface area is 164 Å². The largest absolute Gasteiger partial charge is 0.472 e. The molecule has 7 nitrogen and oxygen atoms in total. The number of carbonyl (C=O) groups excluding carboxylic acids is 3. The first-order chi connectivity index (χ1) is 13.6. The Balaban J connectivity index is 1.43. The number of anilines is 1. The number of furan rings is 1. The molecule has 3 amide bonds. The molecular weight excluding hydrogens is 358 g/mol. The van der Waals surface area contributed by atoms with Crippen molar-refractivity contribution in [2.45, 2.75) is 26.2 Å². The Morgan fingerprint density at radius 3 is 2.54 bits per heavy atom. The van der Waals surface area contributed by atoms with Gasteiger partial charge in [0, 0.05) is 25.3 Å². The second-order valence-electron chi connectivity index (χ2n) is 6.92. The van der Waals surface area contributed by atoms with E-state index in [-0.39, 0.29) is 11.8 Å². The fourth-order valence-corrected chi connectivity index (χ4v) is 3.36. The molecule has 1 aromatic carbocycles. The van der Waals surface area contributed by atoms with Crippen molar-refractivity contribution in [3.05, 3.63) is 54.0 Å². The monoisotopic (exact) mass is 383 g/mol. The van der Waals surface area contributed by atoms with E-state index in [2.05, 4.69) is 10.6 Å². The average molecular weight is 383 g/mol. The summed E-state index contributed by atoms with van der Waals surface area (Å²) >= 11 is 0. The van der Waals surface area contributed by atoms with Crippen molar-refractivity contribution in [1.82, 2.24) is 10.2 Å². The van der Waals surface area contributed by atoms with E-state index in [1.807, 2.05) is 25.1 Å². The van der Waals surface area contributed by atoms with Gasteiger partial charge >= 0.3 is 11.8 Å². The van der Waals surface area contributed by atoms with Crippen LogP contribution < -0.4 is 10.6 Å². The molecule has 0 unspecified atom stereocenters. The summed E-state index contributed by atoms with van der Waals surface area (Å²) in [4.78, 5) is 38.3. The van der Waals surface area contributed by atoms with Crippen LogP contribution in [0.25, 0.3) is 0 Å². The summed E-state index contributed by atoms with van der Waals surface area (Å²) in [5, 5.41) is 5.39. The van der Waals surface area contributed by atoms with Crippen LogP contribution >= 0.6 is 0 Å². The summed E-state index contributed by atoms with van der Waals surface area (Å²) in [6.45, 7) is 3.67. The summed E-state index contributed by atoms with van der Waals surface area (Å²) in [5.74, 6) is -1.09. The SMILES string of the molecule is CCc1ccccc1NC(=O)C(=O)NCC1CCN(C(=O)c2ccoc2)CC1. The molecule has 1 aliphatic rings. The van der Waals surface area contributed by atoms with E-state index in [9.17, 15) is 14.4 Å². The van der Waals surface area contributed by atoms with Crippen molar-refractivity contribution >= 4 is 23.4 Å². The van der Waals surface area contributed by atoms with E-state index in [1.54, 1.807) is 17.0 Å². The highest BCUT2D eigenvalue weighted by molar-refractivity contribution is 6.39. The molecule has 1 fully saturated rings. The third-order valence-electron chi connectivity index (χ3n) is 5.07. The lowest BCUT2D eigenvalue weighted by Gasteiger charge is -2.31. The van der Waals surface area contributed by atoms with Crippen LogP contribution in [-0.2, 0) is 16.0 Å². The minimum atomic E-state index is -0.659. The molecule has 0 saturated carbocycles. The molecule has 7 heteroatoms. The second-order valence-corrected chi connectivity index (χ2v) is 6.92. The first-order valence-electron chi connectivity index (χ1n) is 9.57. The molecule has 0 spiro atoms. The molecule has 2 aromatic rings. The van der Waals surface area contributed by atoms with E-state index >= 15 is 0 Å². The molecule has 1 aromatic heterocycles. The molecule has 2 N–H and O–H groups in total. The van der Waals surface area contributed by atoms with Gasteiger partial charge < -0.3 is 20.0 Å². The zero-order valence-corrected chi connectivity index (χ0v) is 15.9. The molecule has 2 heterocycles. The fraction of sp³-hybridized carbons (Fsp3) is 0.381. The van der Waals surface area contributed by atoms with Gasteiger partial charge in [-0.3, -0.25) is 14.4 Å². The maximum absolute atomic E-state index is 12.3. The number of para-hydroxylation sites is 1. The number of benzene rings is 1. The molecule has 28 heavy (non-hydrogen) atoms. The lowest BCUT2D eigenvalue weighted by Crippen LogP contribution is -2.43. The molecule has 0 aliphatic carbocycles. The van der Waals surface area contributed by atoms with Gasteiger partial charge in [0.25, 0.3) is 5.91 Å². The average Bonchev–Trinajstić information content (AvgIpc) is 3.27. The quantitative estimate of drug-likeness (QED) is 0.776. The first kappa shape index (κ1) is 19.7. The van der Waals surface area contributed by atoms with Crippen LogP contribution in [0.2, 0.25) is 0 Å². The number of likely N-dealkylation sites (tertiary alicyclic amines) is 1. The minimum Gasteiger partial charge on any atom is -0.472 e. The van der Waals surface area contributed by atoms with Gasteiger partial charge in [-0.25, -0.2) is 0 Å². The lowest BCUT2D eigenvalue weighted by atomic mass is 9.96. The van der Waals surface area contributed by atoms with Crippen molar-refractivity contribution in [1.29, 1.82) is 0 Å². The van der Waals surface area contributed by atoms with Crippen molar-refractivity contribution in [2.75, 3.05) is 25.0 Å². The van der Waals surface area contributed by atoms with Crippen LogP contribution in [0.4, 0.5) is 5.69 Å². The third kappa shape index (κ3) is 4.79. The predicted molar refractivity (Wildman–Crippen MR) is 105 cm³/mol.